The molecule has 0 aliphatic carbocycles. The van der Waals surface area contributed by atoms with Gasteiger partial charge in [-0.05, 0) is 17.7 Å². The van der Waals surface area contributed by atoms with E-state index in [0.29, 0.717) is 5.02 Å². The van der Waals surface area contributed by atoms with Gasteiger partial charge in [-0.1, -0.05) is 84.4 Å². The van der Waals surface area contributed by atoms with E-state index in [1.165, 1.54) is 23.3 Å². The molecule has 0 atom stereocenters. The number of rotatable bonds is 5. The first kappa shape index (κ1) is 18.7. The third-order valence-electron chi connectivity index (χ3n) is 3.51. The standard InChI is InChI=1S/C14H15N.C7H5ClO2/c1-3-7-13(8-4-1)11-15-12-14-9-5-2-6-10-14;8-6-3-1-2-5(4-6)7(9)10/h1-10,15H,11-12H2;1-4H,(H,9,10). The van der Waals surface area contributed by atoms with Crippen molar-refractivity contribution >= 4 is 17.6 Å². The van der Waals surface area contributed by atoms with E-state index < -0.39 is 5.97 Å². The highest BCUT2D eigenvalue weighted by Gasteiger charge is 1.95. The molecule has 0 unspecified atom stereocenters. The lowest BCUT2D eigenvalue weighted by Crippen LogP contribution is -2.80. The quantitative estimate of drug-likeness (QED) is 0.766. The normalized spacial score (nSPS) is 9.80. The lowest BCUT2D eigenvalue weighted by Gasteiger charge is -2.01. The summed E-state index contributed by atoms with van der Waals surface area (Å²) in [5.74, 6) is -1.21. The van der Waals surface area contributed by atoms with Gasteiger partial charge in [0.05, 0.1) is 5.97 Å². The third-order valence-corrected chi connectivity index (χ3v) is 3.74. The maximum absolute atomic E-state index is 10.2. The zero-order valence-electron chi connectivity index (χ0n) is 13.8. The fourth-order valence-corrected chi connectivity index (χ4v) is 2.44. The summed E-state index contributed by atoms with van der Waals surface area (Å²) in [5.41, 5.74) is 2.87. The molecule has 0 spiro atoms. The number of halogens is 1. The highest BCUT2D eigenvalue weighted by atomic mass is 35.5. The molecule has 0 bridgehead atoms. The Bertz CT molecular complexity index is 737. The average Bonchev–Trinajstić information content (AvgIpc) is 2.64. The van der Waals surface area contributed by atoms with Gasteiger partial charge in [0.1, 0.15) is 13.1 Å². The molecule has 0 amide bonds. The van der Waals surface area contributed by atoms with Crippen molar-refractivity contribution in [1.82, 2.24) is 0 Å². The molecule has 0 aliphatic rings. The van der Waals surface area contributed by atoms with E-state index in [1.807, 2.05) is 0 Å². The molecule has 3 aromatic carbocycles. The zero-order chi connectivity index (χ0) is 17.9. The molecule has 0 fully saturated rings. The first-order valence-corrected chi connectivity index (χ1v) is 8.39. The summed E-state index contributed by atoms with van der Waals surface area (Å²) in [6, 6.07) is 27.1. The SMILES string of the molecule is O=C([O-])c1cccc(Cl)c1.c1ccc(C[NH2+]Cc2ccccc2)cc1. The number of nitrogens with two attached hydrogens (primary N) is 1. The number of carbonyl (C=O) groups excluding carboxylic acids is 1. The van der Waals surface area contributed by atoms with E-state index >= 15 is 0 Å². The Labute approximate surface area is 152 Å². The molecule has 25 heavy (non-hydrogen) atoms. The van der Waals surface area contributed by atoms with Crippen LogP contribution in [-0.2, 0) is 13.1 Å². The molecular weight excluding hydrogens is 334 g/mol. The molecule has 3 nitrogen and oxygen atoms in total. The van der Waals surface area contributed by atoms with Crippen molar-refractivity contribution in [2.75, 3.05) is 0 Å². The topological polar surface area (TPSA) is 56.7 Å². The molecule has 0 saturated heterocycles. The Hall–Kier alpha value is -2.62. The smallest absolute Gasteiger partial charge is 0.101 e. The van der Waals surface area contributed by atoms with Gasteiger partial charge in [0.15, 0.2) is 0 Å². The Morgan fingerprint density at radius 3 is 1.72 bits per heavy atom. The second-order valence-corrected chi connectivity index (χ2v) is 5.90. The van der Waals surface area contributed by atoms with Crippen LogP contribution in [0.2, 0.25) is 5.02 Å². The minimum absolute atomic E-state index is 0.104. The largest absolute Gasteiger partial charge is 0.545 e. The summed E-state index contributed by atoms with van der Waals surface area (Å²) in [5, 5.41) is 12.9. The summed E-state index contributed by atoms with van der Waals surface area (Å²) < 4.78 is 0. The number of carboxylic acid groups (broad SMARTS) is 1. The predicted octanol–water partition coefficient (Wildman–Crippen LogP) is 2.65. The number of carboxylic acids is 1. The monoisotopic (exact) mass is 353 g/mol. The number of aromatic carboxylic acids is 1. The number of benzene rings is 3. The Morgan fingerprint density at radius 1 is 0.800 bits per heavy atom. The zero-order valence-corrected chi connectivity index (χ0v) is 14.5. The van der Waals surface area contributed by atoms with Crippen molar-refractivity contribution in [2.24, 2.45) is 0 Å². The second-order valence-electron chi connectivity index (χ2n) is 5.47. The van der Waals surface area contributed by atoms with Crippen LogP contribution in [0.15, 0.2) is 84.9 Å². The molecular formula is C21H20ClNO2. The van der Waals surface area contributed by atoms with E-state index in [2.05, 4.69) is 66.0 Å². The van der Waals surface area contributed by atoms with E-state index in [9.17, 15) is 9.90 Å². The summed E-state index contributed by atoms with van der Waals surface area (Å²) >= 11 is 5.50. The van der Waals surface area contributed by atoms with Gasteiger partial charge < -0.3 is 15.2 Å². The number of carbonyl (C=O) groups is 1. The molecule has 0 aliphatic heterocycles. The van der Waals surface area contributed by atoms with Crippen LogP contribution in [0.4, 0.5) is 0 Å². The van der Waals surface area contributed by atoms with Crippen molar-refractivity contribution in [3.63, 3.8) is 0 Å². The van der Waals surface area contributed by atoms with E-state index in [4.69, 9.17) is 11.6 Å². The molecule has 2 N–H and O–H groups in total. The van der Waals surface area contributed by atoms with Gasteiger partial charge in [-0.15, -0.1) is 0 Å². The summed E-state index contributed by atoms with van der Waals surface area (Å²) in [4.78, 5) is 10.2. The van der Waals surface area contributed by atoms with Crippen molar-refractivity contribution in [2.45, 2.75) is 13.1 Å². The van der Waals surface area contributed by atoms with Crippen LogP contribution >= 0.6 is 11.6 Å². The maximum atomic E-state index is 10.2. The summed E-state index contributed by atoms with van der Waals surface area (Å²) in [6.07, 6.45) is 0. The minimum Gasteiger partial charge on any atom is -0.545 e. The van der Waals surface area contributed by atoms with Gasteiger partial charge in [-0.3, -0.25) is 0 Å². The number of hydrogen-bond donors (Lipinski definition) is 1. The number of quaternary nitrogens is 1. The fourth-order valence-electron chi connectivity index (χ4n) is 2.25. The molecule has 3 rings (SSSR count). The lowest BCUT2D eigenvalue weighted by atomic mass is 10.2. The second kappa shape index (κ2) is 10.3. The fraction of sp³-hybridized carbons (Fsp3) is 0.0952. The molecule has 0 radical (unpaired) electrons. The van der Waals surface area contributed by atoms with Crippen LogP contribution in [0.25, 0.3) is 0 Å². The molecule has 3 aromatic rings. The van der Waals surface area contributed by atoms with Gasteiger partial charge in [0, 0.05) is 16.1 Å². The van der Waals surface area contributed by atoms with E-state index in [0.717, 1.165) is 13.1 Å². The Balaban J connectivity index is 0.000000196. The van der Waals surface area contributed by atoms with Crippen LogP contribution in [0.3, 0.4) is 0 Å². The summed E-state index contributed by atoms with van der Waals surface area (Å²) in [7, 11) is 0. The highest BCUT2D eigenvalue weighted by molar-refractivity contribution is 6.30. The Kier molecular flexibility index (Phi) is 7.70. The van der Waals surface area contributed by atoms with Gasteiger partial charge in [0.2, 0.25) is 0 Å². The van der Waals surface area contributed by atoms with Crippen LogP contribution in [0, 0.1) is 0 Å². The van der Waals surface area contributed by atoms with Gasteiger partial charge in [-0.2, -0.15) is 0 Å². The molecule has 128 valence electrons. The van der Waals surface area contributed by atoms with Gasteiger partial charge in [-0.25, -0.2) is 0 Å². The van der Waals surface area contributed by atoms with Crippen LogP contribution in [-0.4, -0.2) is 5.97 Å². The minimum atomic E-state index is -1.21. The summed E-state index contributed by atoms with van der Waals surface area (Å²) in [6.45, 7) is 2.10. The Morgan fingerprint density at radius 2 is 1.32 bits per heavy atom. The van der Waals surface area contributed by atoms with Crippen LogP contribution in [0.5, 0.6) is 0 Å². The first-order chi connectivity index (χ1) is 12.1. The third kappa shape index (κ3) is 7.21. The van der Waals surface area contributed by atoms with Crippen LogP contribution < -0.4 is 10.4 Å². The van der Waals surface area contributed by atoms with Gasteiger partial charge in [0.25, 0.3) is 0 Å². The molecule has 0 aromatic heterocycles. The molecule has 0 saturated carbocycles. The first-order valence-electron chi connectivity index (χ1n) is 8.01. The molecule has 0 heterocycles. The lowest BCUT2D eigenvalue weighted by molar-refractivity contribution is -0.686. The highest BCUT2D eigenvalue weighted by Crippen LogP contribution is 2.09. The van der Waals surface area contributed by atoms with Crippen molar-refractivity contribution < 1.29 is 15.2 Å². The van der Waals surface area contributed by atoms with Crippen molar-refractivity contribution in [3.05, 3.63) is 107 Å². The maximum Gasteiger partial charge on any atom is 0.101 e. The predicted molar refractivity (Wildman–Crippen MR) is 98.0 cm³/mol. The van der Waals surface area contributed by atoms with Crippen LogP contribution in [0.1, 0.15) is 21.5 Å². The molecule has 4 heteroatoms. The van der Waals surface area contributed by atoms with E-state index in [1.54, 1.807) is 12.1 Å². The van der Waals surface area contributed by atoms with Crippen molar-refractivity contribution in [3.8, 4) is 0 Å². The number of hydrogen-bond acceptors (Lipinski definition) is 2. The average molecular weight is 354 g/mol. The van der Waals surface area contributed by atoms with Crippen molar-refractivity contribution in [1.29, 1.82) is 0 Å². The van der Waals surface area contributed by atoms with E-state index in [-0.39, 0.29) is 5.56 Å². The van der Waals surface area contributed by atoms with Gasteiger partial charge >= 0.3 is 0 Å².